The van der Waals surface area contributed by atoms with Crippen molar-refractivity contribution in [2.45, 2.75) is 46.5 Å². The van der Waals surface area contributed by atoms with Crippen LogP contribution < -0.4 is 0 Å². The Labute approximate surface area is 165 Å². The smallest absolute Gasteiger partial charge is 0.207 e. The zero-order valence-corrected chi connectivity index (χ0v) is 17.4. The van der Waals surface area contributed by atoms with Gasteiger partial charge in [-0.25, -0.2) is 0 Å². The van der Waals surface area contributed by atoms with Crippen molar-refractivity contribution in [1.29, 1.82) is 0 Å². The van der Waals surface area contributed by atoms with Gasteiger partial charge in [0.1, 0.15) is 0 Å². The molecule has 0 aromatic heterocycles. The van der Waals surface area contributed by atoms with Gasteiger partial charge in [-0.15, -0.1) is 0 Å². The van der Waals surface area contributed by atoms with E-state index in [4.69, 9.17) is 0 Å². The predicted molar refractivity (Wildman–Crippen MR) is 111 cm³/mol. The van der Waals surface area contributed by atoms with E-state index >= 15 is 0 Å². The van der Waals surface area contributed by atoms with E-state index in [-0.39, 0.29) is 0 Å². The van der Waals surface area contributed by atoms with Gasteiger partial charge in [0.15, 0.2) is 0 Å². The fourth-order valence-electron chi connectivity index (χ4n) is 4.04. The second-order valence-electron chi connectivity index (χ2n) is 7.70. The highest BCUT2D eigenvalue weighted by Gasteiger charge is 2.15. The van der Waals surface area contributed by atoms with Gasteiger partial charge in [-0.1, -0.05) is 6.07 Å². The van der Waals surface area contributed by atoms with Crippen LogP contribution in [-0.2, 0) is 12.8 Å². The van der Waals surface area contributed by atoms with E-state index in [1.165, 1.54) is 27.8 Å². The summed E-state index contributed by atoms with van der Waals surface area (Å²) in [4.78, 5) is 8.24. The zero-order chi connectivity index (χ0) is 19.4. The molecule has 1 aromatic rings. The van der Waals surface area contributed by atoms with E-state index < -0.39 is 0 Å². The third kappa shape index (κ3) is 5.00. The molecule has 3 rings (SSSR count). The number of hydrogen-bond acceptors (Lipinski definition) is 4. The molecule has 4 nitrogen and oxygen atoms in total. The van der Waals surface area contributed by atoms with E-state index in [1.54, 1.807) is 0 Å². The molecule has 0 bridgehead atoms. The van der Waals surface area contributed by atoms with Crippen molar-refractivity contribution < 1.29 is 0 Å². The lowest BCUT2D eigenvalue weighted by molar-refractivity contribution is 0.373. The Morgan fingerprint density at radius 3 is 1.52 bits per heavy atom. The number of hydrogen-bond donors (Lipinski definition) is 0. The van der Waals surface area contributed by atoms with Crippen molar-refractivity contribution >= 4 is 0 Å². The van der Waals surface area contributed by atoms with Crippen LogP contribution in [0.2, 0.25) is 0 Å². The summed E-state index contributed by atoms with van der Waals surface area (Å²) in [5, 5.41) is 0. The van der Waals surface area contributed by atoms with E-state index in [2.05, 4.69) is 62.4 Å². The second kappa shape index (κ2) is 8.73. The lowest BCUT2D eigenvalue weighted by Crippen LogP contribution is -2.18. The molecular weight excluding hydrogens is 332 g/mol. The highest BCUT2D eigenvalue weighted by atomic mass is 15.3. The van der Waals surface area contributed by atoms with Gasteiger partial charge in [-0.05, 0) is 74.3 Å². The van der Waals surface area contributed by atoms with Gasteiger partial charge >= 0.3 is 0 Å². The monoisotopic (exact) mass is 364 g/mol. The quantitative estimate of drug-likeness (QED) is 0.693. The lowest BCUT2D eigenvalue weighted by atomic mass is 9.89. The maximum atomic E-state index is 3.28. The maximum absolute atomic E-state index is 3.28. The number of rotatable bonds is 8. The largest absolute Gasteiger partial charge is 0.349 e. The first kappa shape index (κ1) is 19.7. The molecule has 0 spiro atoms. The SMILES string of the molecule is Cc1cc(C)c(CCCN2[C]N(C)C=C2)c(C)c1CCCN1[C]N(C)C=C1. The van der Waals surface area contributed by atoms with Crippen LogP contribution >= 0.6 is 0 Å². The minimum absolute atomic E-state index is 1.02. The lowest BCUT2D eigenvalue weighted by Gasteiger charge is -2.20. The second-order valence-corrected chi connectivity index (χ2v) is 7.70. The Morgan fingerprint density at radius 1 is 0.704 bits per heavy atom. The van der Waals surface area contributed by atoms with Crippen molar-refractivity contribution in [3.8, 4) is 0 Å². The molecule has 1 aromatic carbocycles. The van der Waals surface area contributed by atoms with Gasteiger partial charge in [0.2, 0.25) is 13.3 Å². The van der Waals surface area contributed by atoms with Crippen LogP contribution in [0.3, 0.4) is 0 Å². The molecule has 0 amide bonds. The fourth-order valence-corrected chi connectivity index (χ4v) is 4.04. The van der Waals surface area contributed by atoms with Gasteiger partial charge < -0.3 is 19.6 Å². The number of nitrogens with zero attached hydrogens (tertiary/aromatic N) is 4. The van der Waals surface area contributed by atoms with Gasteiger partial charge in [0, 0.05) is 52.0 Å². The van der Waals surface area contributed by atoms with Crippen molar-refractivity contribution in [2.75, 3.05) is 27.2 Å². The van der Waals surface area contributed by atoms with Crippen molar-refractivity contribution in [3.05, 3.63) is 72.0 Å². The Kier molecular flexibility index (Phi) is 6.35. The molecule has 2 aliphatic rings. The average Bonchev–Trinajstić information content (AvgIpc) is 3.22. The van der Waals surface area contributed by atoms with E-state index in [1.807, 2.05) is 36.3 Å². The first-order chi connectivity index (χ1) is 12.9. The summed E-state index contributed by atoms with van der Waals surface area (Å²) in [6, 6.07) is 2.38. The minimum atomic E-state index is 1.02. The molecule has 4 radical (unpaired) electrons. The van der Waals surface area contributed by atoms with E-state index in [9.17, 15) is 0 Å². The van der Waals surface area contributed by atoms with Crippen LogP contribution in [0.4, 0.5) is 0 Å². The Morgan fingerprint density at radius 2 is 1.15 bits per heavy atom. The van der Waals surface area contributed by atoms with Gasteiger partial charge in [-0.3, -0.25) is 0 Å². The first-order valence-corrected chi connectivity index (χ1v) is 9.91. The average molecular weight is 365 g/mol. The van der Waals surface area contributed by atoms with Crippen LogP contribution in [0.1, 0.15) is 40.7 Å². The molecule has 0 fully saturated rings. The molecule has 0 atom stereocenters. The van der Waals surface area contributed by atoms with Crippen molar-refractivity contribution in [3.63, 3.8) is 0 Å². The standard InChI is InChI=1S/C23H32N4/c1-19-16-20(2)23(9-7-11-27-15-13-25(5)18-27)21(3)22(19)8-6-10-26-14-12-24(4)17-26/h12-16H,6-11H2,1-5H3. The molecular formula is C23H32N4. The number of benzene rings is 1. The molecule has 4 heteroatoms. The zero-order valence-electron chi connectivity index (χ0n) is 17.4. The highest BCUT2D eigenvalue weighted by molar-refractivity contribution is 5.45. The van der Waals surface area contributed by atoms with Crippen LogP contribution in [0.25, 0.3) is 0 Å². The van der Waals surface area contributed by atoms with E-state index in [0.717, 1.165) is 38.8 Å². The minimum Gasteiger partial charge on any atom is -0.349 e. The molecule has 27 heavy (non-hydrogen) atoms. The Balaban J connectivity index is 1.56. The summed E-state index contributed by atoms with van der Waals surface area (Å²) >= 11 is 0. The molecule has 0 N–H and O–H groups in total. The van der Waals surface area contributed by atoms with Crippen molar-refractivity contribution in [1.82, 2.24) is 19.6 Å². The van der Waals surface area contributed by atoms with Crippen molar-refractivity contribution in [2.24, 2.45) is 0 Å². The summed E-state index contributed by atoms with van der Waals surface area (Å²) in [5.74, 6) is 0. The van der Waals surface area contributed by atoms with Gasteiger partial charge in [0.25, 0.3) is 0 Å². The Bertz CT molecular complexity index is 651. The maximum Gasteiger partial charge on any atom is 0.207 e. The predicted octanol–water partition coefficient (Wildman–Crippen LogP) is 3.91. The normalized spacial score (nSPS) is 16.3. The molecule has 2 aliphatic heterocycles. The third-order valence-electron chi connectivity index (χ3n) is 5.45. The summed E-state index contributed by atoms with van der Waals surface area (Å²) in [6.07, 6.45) is 12.8. The third-order valence-corrected chi connectivity index (χ3v) is 5.45. The topological polar surface area (TPSA) is 13.0 Å². The summed E-state index contributed by atoms with van der Waals surface area (Å²) in [7, 11) is 4.03. The first-order valence-electron chi connectivity index (χ1n) is 9.91. The number of aryl methyl sites for hydroxylation is 2. The van der Waals surface area contributed by atoms with Crippen LogP contribution in [0, 0.1) is 34.1 Å². The Hall–Kier alpha value is -2.10. The summed E-state index contributed by atoms with van der Waals surface area (Å²) in [6.45, 7) is 15.4. The summed E-state index contributed by atoms with van der Waals surface area (Å²) in [5.41, 5.74) is 7.43. The molecule has 144 valence electrons. The molecule has 0 aliphatic carbocycles. The van der Waals surface area contributed by atoms with E-state index in [0.29, 0.717) is 0 Å². The van der Waals surface area contributed by atoms with Gasteiger partial charge in [0.05, 0.1) is 0 Å². The van der Waals surface area contributed by atoms with Gasteiger partial charge in [-0.2, -0.15) is 0 Å². The highest BCUT2D eigenvalue weighted by Crippen LogP contribution is 2.25. The molecule has 2 heterocycles. The summed E-state index contributed by atoms with van der Waals surface area (Å²) < 4.78 is 0. The molecule has 0 saturated heterocycles. The molecule has 0 saturated carbocycles. The van der Waals surface area contributed by atoms with Crippen LogP contribution in [0.15, 0.2) is 30.9 Å². The molecule has 0 unspecified atom stereocenters. The van der Waals surface area contributed by atoms with Crippen LogP contribution in [0.5, 0.6) is 0 Å². The fraction of sp³-hybridized carbons (Fsp3) is 0.478. The van der Waals surface area contributed by atoms with Crippen LogP contribution in [-0.4, -0.2) is 46.8 Å².